The van der Waals surface area contributed by atoms with Crippen LogP contribution < -0.4 is 4.90 Å². The first-order chi connectivity index (χ1) is 12.5. The van der Waals surface area contributed by atoms with E-state index < -0.39 is 10.9 Å². The Morgan fingerprint density at radius 3 is 2.38 bits per heavy atom. The molecular weight excluding hydrogens is 338 g/mol. The van der Waals surface area contributed by atoms with Crippen molar-refractivity contribution in [1.82, 2.24) is 4.90 Å². The second-order valence-electron chi connectivity index (χ2n) is 6.75. The highest BCUT2D eigenvalue weighted by Crippen LogP contribution is 2.31. The van der Waals surface area contributed by atoms with E-state index in [1.165, 1.54) is 19.2 Å². The molecule has 8 nitrogen and oxygen atoms in total. The summed E-state index contributed by atoms with van der Waals surface area (Å²) in [6.45, 7) is 2.20. The summed E-state index contributed by atoms with van der Waals surface area (Å²) in [5, 5.41) is 11.4. The first-order valence-electron chi connectivity index (χ1n) is 8.91. The van der Waals surface area contributed by atoms with Crippen LogP contribution in [0.25, 0.3) is 0 Å². The van der Waals surface area contributed by atoms with Gasteiger partial charge in [-0.25, -0.2) is 4.79 Å². The van der Waals surface area contributed by atoms with Crippen molar-refractivity contribution in [3.8, 4) is 0 Å². The number of nitro benzene ring substituents is 1. The highest BCUT2D eigenvalue weighted by atomic mass is 16.6. The number of ether oxygens (including phenoxy) is 1. The fourth-order valence-corrected chi connectivity index (χ4v) is 3.78. The van der Waals surface area contributed by atoms with Crippen LogP contribution >= 0.6 is 0 Å². The molecule has 0 unspecified atom stereocenters. The monoisotopic (exact) mass is 361 g/mol. The molecule has 1 aliphatic heterocycles. The van der Waals surface area contributed by atoms with Crippen LogP contribution in [0.5, 0.6) is 0 Å². The average Bonchev–Trinajstić information content (AvgIpc) is 3.21. The molecule has 140 valence electrons. The lowest BCUT2D eigenvalue weighted by Gasteiger charge is -2.37. The number of anilines is 1. The van der Waals surface area contributed by atoms with Crippen LogP contribution in [0.3, 0.4) is 0 Å². The molecule has 2 aliphatic rings. The molecule has 1 saturated heterocycles. The zero-order chi connectivity index (χ0) is 18.7. The van der Waals surface area contributed by atoms with Crippen molar-refractivity contribution < 1.29 is 19.2 Å². The van der Waals surface area contributed by atoms with E-state index >= 15 is 0 Å². The molecular formula is C18H23N3O5. The molecule has 0 bridgehead atoms. The number of hydrogen-bond donors (Lipinski definition) is 0. The highest BCUT2D eigenvalue weighted by molar-refractivity contribution is 5.91. The van der Waals surface area contributed by atoms with Crippen LogP contribution in [0.1, 0.15) is 36.0 Å². The molecule has 1 heterocycles. The molecule has 26 heavy (non-hydrogen) atoms. The Bertz CT molecular complexity index is 707. The van der Waals surface area contributed by atoms with Crippen LogP contribution in [-0.4, -0.2) is 55.0 Å². The van der Waals surface area contributed by atoms with Gasteiger partial charge in [0, 0.05) is 38.2 Å². The molecule has 0 N–H and O–H groups in total. The third-order valence-electron chi connectivity index (χ3n) is 5.23. The molecule has 3 rings (SSSR count). The molecule has 1 amide bonds. The van der Waals surface area contributed by atoms with Crippen molar-refractivity contribution in [3.05, 3.63) is 33.9 Å². The van der Waals surface area contributed by atoms with Gasteiger partial charge in [-0.15, -0.1) is 0 Å². The summed E-state index contributed by atoms with van der Waals surface area (Å²) in [5.74, 6) is -0.237. The van der Waals surface area contributed by atoms with Crippen LogP contribution in [0.4, 0.5) is 11.4 Å². The second kappa shape index (κ2) is 7.72. The summed E-state index contributed by atoms with van der Waals surface area (Å²) < 4.78 is 4.63. The minimum atomic E-state index is -0.605. The smallest absolute Gasteiger partial charge is 0.338 e. The van der Waals surface area contributed by atoms with Gasteiger partial charge in [-0.2, -0.15) is 0 Å². The SMILES string of the molecule is COC(=O)c1ccc(N2CCN(C(=O)C3CCCC3)CC2)c([N+](=O)[O-])c1. The number of nitrogens with zero attached hydrogens (tertiary/aromatic N) is 3. The van der Waals surface area contributed by atoms with Gasteiger partial charge in [0.05, 0.1) is 17.6 Å². The number of methoxy groups -OCH3 is 1. The predicted molar refractivity (Wildman–Crippen MR) is 95.2 cm³/mol. The van der Waals surface area contributed by atoms with Crippen molar-refractivity contribution in [3.63, 3.8) is 0 Å². The van der Waals surface area contributed by atoms with Gasteiger partial charge in [0.2, 0.25) is 5.91 Å². The lowest BCUT2D eigenvalue weighted by molar-refractivity contribution is -0.384. The van der Waals surface area contributed by atoms with Gasteiger partial charge >= 0.3 is 5.97 Å². The van der Waals surface area contributed by atoms with Crippen molar-refractivity contribution in [2.75, 3.05) is 38.2 Å². The van der Waals surface area contributed by atoms with E-state index in [4.69, 9.17) is 0 Å². The number of esters is 1. The lowest BCUT2D eigenvalue weighted by Crippen LogP contribution is -2.50. The average molecular weight is 361 g/mol. The van der Waals surface area contributed by atoms with Gasteiger partial charge < -0.3 is 14.5 Å². The normalized spacial score (nSPS) is 18.0. The molecule has 1 aliphatic carbocycles. The van der Waals surface area contributed by atoms with Gasteiger partial charge in [0.25, 0.3) is 5.69 Å². The van der Waals surface area contributed by atoms with Crippen LogP contribution in [0.2, 0.25) is 0 Å². The maximum absolute atomic E-state index is 12.5. The highest BCUT2D eigenvalue weighted by Gasteiger charge is 2.31. The largest absolute Gasteiger partial charge is 0.465 e. The third-order valence-corrected chi connectivity index (χ3v) is 5.23. The minimum absolute atomic E-state index is 0.122. The van der Waals surface area contributed by atoms with E-state index in [0.717, 1.165) is 25.7 Å². The second-order valence-corrected chi connectivity index (χ2v) is 6.75. The van der Waals surface area contributed by atoms with Crippen molar-refractivity contribution in [1.29, 1.82) is 0 Å². The standard InChI is InChI=1S/C18H23N3O5/c1-26-18(23)14-6-7-15(16(12-14)21(24)25)19-8-10-20(11-9-19)17(22)13-4-2-3-5-13/h6-7,12-13H,2-5,8-11H2,1H3. The maximum Gasteiger partial charge on any atom is 0.338 e. The van der Waals surface area contributed by atoms with E-state index in [9.17, 15) is 19.7 Å². The molecule has 0 aromatic heterocycles. The minimum Gasteiger partial charge on any atom is -0.465 e. The van der Waals surface area contributed by atoms with Gasteiger partial charge in [-0.3, -0.25) is 14.9 Å². The number of carbonyl (C=O) groups excluding carboxylic acids is 2. The zero-order valence-corrected chi connectivity index (χ0v) is 14.8. The van der Waals surface area contributed by atoms with Gasteiger partial charge in [-0.1, -0.05) is 12.8 Å². The Morgan fingerprint density at radius 2 is 1.81 bits per heavy atom. The first-order valence-corrected chi connectivity index (χ1v) is 8.91. The number of amides is 1. The fourth-order valence-electron chi connectivity index (χ4n) is 3.78. The number of benzene rings is 1. The molecule has 0 atom stereocenters. The van der Waals surface area contributed by atoms with Crippen LogP contribution in [0.15, 0.2) is 18.2 Å². The Morgan fingerprint density at radius 1 is 1.15 bits per heavy atom. The quantitative estimate of drug-likeness (QED) is 0.464. The summed E-state index contributed by atoms with van der Waals surface area (Å²) in [6.07, 6.45) is 4.18. The van der Waals surface area contributed by atoms with E-state index in [-0.39, 0.29) is 23.1 Å². The topological polar surface area (TPSA) is 93.0 Å². The Balaban J connectivity index is 1.71. The molecule has 1 aromatic rings. The molecule has 1 aromatic carbocycles. The Kier molecular flexibility index (Phi) is 5.39. The van der Waals surface area contributed by atoms with E-state index in [2.05, 4.69) is 4.74 Å². The summed E-state index contributed by atoms with van der Waals surface area (Å²) >= 11 is 0. The molecule has 0 radical (unpaired) electrons. The van der Waals surface area contributed by atoms with E-state index in [0.29, 0.717) is 31.9 Å². The summed E-state index contributed by atoms with van der Waals surface area (Å²) in [7, 11) is 1.24. The summed E-state index contributed by atoms with van der Waals surface area (Å²) in [6, 6.07) is 4.36. The van der Waals surface area contributed by atoms with E-state index in [1.807, 2.05) is 9.80 Å². The Hall–Kier alpha value is -2.64. The summed E-state index contributed by atoms with van der Waals surface area (Å²) in [4.78, 5) is 38.9. The number of hydrogen-bond acceptors (Lipinski definition) is 6. The Labute approximate surface area is 151 Å². The fraction of sp³-hybridized carbons (Fsp3) is 0.556. The molecule has 0 spiro atoms. The van der Waals surface area contributed by atoms with Gasteiger partial charge in [-0.05, 0) is 25.0 Å². The molecule has 8 heteroatoms. The van der Waals surface area contributed by atoms with Gasteiger partial charge in [0.15, 0.2) is 0 Å². The molecule has 2 fully saturated rings. The number of piperazine rings is 1. The zero-order valence-electron chi connectivity index (χ0n) is 14.8. The van der Waals surface area contributed by atoms with Crippen molar-refractivity contribution >= 4 is 23.3 Å². The maximum atomic E-state index is 12.5. The predicted octanol–water partition coefficient (Wildman–Crippen LogP) is 2.22. The first kappa shape index (κ1) is 18.2. The molecule has 1 saturated carbocycles. The number of nitro groups is 1. The third kappa shape index (κ3) is 3.63. The van der Waals surface area contributed by atoms with Crippen molar-refractivity contribution in [2.45, 2.75) is 25.7 Å². The van der Waals surface area contributed by atoms with Crippen LogP contribution in [0, 0.1) is 16.0 Å². The summed E-state index contributed by atoms with van der Waals surface area (Å²) in [5.41, 5.74) is 0.497. The van der Waals surface area contributed by atoms with Crippen molar-refractivity contribution in [2.24, 2.45) is 5.92 Å². The number of carbonyl (C=O) groups is 2. The van der Waals surface area contributed by atoms with Gasteiger partial charge in [0.1, 0.15) is 5.69 Å². The lowest BCUT2D eigenvalue weighted by atomic mass is 10.1. The van der Waals surface area contributed by atoms with Crippen LogP contribution in [-0.2, 0) is 9.53 Å². The van der Waals surface area contributed by atoms with E-state index in [1.54, 1.807) is 6.07 Å². The number of rotatable bonds is 4.